The number of nitrogens with zero attached hydrogens (tertiary/aromatic N) is 3. The second-order valence-electron chi connectivity index (χ2n) is 9.73. The molecule has 2 atom stereocenters. The second kappa shape index (κ2) is 10.3. The van der Waals surface area contributed by atoms with Crippen molar-refractivity contribution in [2.24, 2.45) is 4.99 Å². The van der Waals surface area contributed by atoms with Crippen molar-refractivity contribution in [1.29, 1.82) is 0 Å². The molecule has 9 heteroatoms. The van der Waals surface area contributed by atoms with Gasteiger partial charge in [-0.1, -0.05) is 30.3 Å². The number of hydrogen-bond donors (Lipinski definition) is 2. The van der Waals surface area contributed by atoms with E-state index in [0.29, 0.717) is 59.8 Å². The fourth-order valence-corrected chi connectivity index (χ4v) is 5.18. The summed E-state index contributed by atoms with van der Waals surface area (Å²) in [4.78, 5) is 36.9. The summed E-state index contributed by atoms with van der Waals surface area (Å²) >= 11 is 0. The molecule has 0 aliphatic carbocycles. The summed E-state index contributed by atoms with van der Waals surface area (Å²) in [5, 5.41) is 14.9. The molecule has 2 amide bonds. The smallest absolute Gasteiger partial charge is 0.256 e. The molecule has 2 aliphatic rings. The van der Waals surface area contributed by atoms with E-state index in [9.17, 15) is 14.7 Å². The average molecular weight is 525 g/mol. The summed E-state index contributed by atoms with van der Waals surface area (Å²) < 4.78 is 11.4. The maximum Gasteiger partial charge on any atom is 0.256 e. The summed E-state index contributed by atoms with van der Waals surface area (Å²) in [6.45, 7) is 1.02. The van der Waals surface area contributed by atoms with Crippen LogP contribution >= 0.6 is 0 Å². The number of carbonyl (C=O) groups is 2. The van der Waals surface area contributed by atoms with E-state index in [1.807, 2.05) is 42.5 Å². The van der Waals surface area contributed by atoms with Gasteiger partial charge in [-0.25, -0.2) is 4.98 Å². The highest BCUT2D eigenvalue weighted by Crippen LogP contribution is 2.38. The van der Waals surface area contributed by atoms with Gasteiger partial charge in [-0.2, -0.15) is 0 Å². The summed E-state index contributed by atoms with van der Waals surface area (Å²) in [5.74, 6) is 0.519. The molecule has 39 heavy (non-hydrogen) atoms. The van der Waals surface area contributed by atoms with Crippen molar-refractivity contribution in [3.8, 4) is 11.5 Å². The number of benzene rings is 3. The summed E-state index contributed by atoms with van der Waals surface area (Å²) in [7, 11) is 1.52. The van der Waals surface area contributed by atoms with Crippen LogP contribution in [0.25, 0.3) is 21.8 Å². The van der Waals surface area contributed by atoms with Gasteiger partial charge in [0.05, 0.1) is 53.7 Å². The molecule has 0 saturated carbocycles. The van der Waals surface area contributed by atoms with Crippen molar-refractivity contribution in [2.75, 3.05) is 26.8 Å². The number of pyridine rings is 1. The van der Waals surface area contributed by atoms with Crippen molar-refractivity contribution in [3.63, 3.8) is 0 Å². The fourth-order valence-electron chi connectivity index (χ4n) is 5.18. The van der Waals surface area contributed by atoms with Crippen LogP contribution in [-0.2, 0) is 0 Å². The summed E-state index contributed by atoms with van der Waals surface area (Å²) in [6, 6.07) is 18.6. The molecular weight excluding hydrogens is 496 g/mol. The molecular formula is C30H28N4O5. The average Bonchev–Trinajstić information content (AvgIpc) is 3.28. The topological polar surface area (TPSA) is 113 Å². The quantitative estimate of drug-likeness (QED) is 0.280. The number of aliphatic imine (C=N–C) groups is 1. The number of fused-ring (bicyclic) bond motifs is 4. The number of ether oxygens (including phenoxy) is 2. The van der Waals surface area contributed by atoms with Gasteiger partial charge in [0, 0.05) is 42.6 Å². The van der Waals surface area contributed by atoms with Crippen molar-refractivity contribution in [2.45, 2.75) is 25.0 Å². The Balaban J connectivity index is 1.10. The van der Waals surface area contributed by atoms with E-state index >= 15 is 0 Å². The molecule has 6 rings (SSSR count). The number of aliphatic hydroxyl groups is 1. The third kappa shape index (κ3) is 4.77. The third-order valence-electron chi connectivity index (χ3n) is 7.14. The van der Waals surface area contributed by atoms with Gasteiger partial charge in [0.25, 0.3) is 11.8 Å². The molecule has 1 aromatic heterocycles. The first-order chi connectivity index (χ1) is 19.0. The Morgan fingerprint density at radius 2 is 1.95 bits per heavy atom. The van der Waals surface area contributed by atoms with Crippen LogP contribution in [0.1, 0.15) is 33.6 Å². The van der Waals surface area contributed by atoms with E-state index in [0.717, 1.165) is 16.3 Å². The van der Waals surface area contributed by atoms with Crippen LogP contribution in [0, 0.1) is 0 Å². The number of aliphatic hydroxyl groups excluding tert-OH is 1. The molecule has 0 unspecified atom stereocenters. The van der Waals surface area contributed by atoms with Crippen LogP contribution in [0.5, 0.6) is 11.5 Å². The minimum atomic E-state index is -0.548. The molecule has 2 aliphatic heterocycles. The van der Waals surface area contributed by atoms with Crippen molar-refractivity contribution < 1.29 is 24.2 Å². The zero-order chi connectivity index (χ0) is 26.9. The van der Waals surface area contributed by atoms with Crippen molar-refractivity contribution in [1.82, 2.24) is 15.2 Å². The second-order valence-corrected chi connectivity index (χ2v) is 9.73. The first-order valence-corrected chi connectivity index (χ1v) is 13.0. The molecule has 198 valence electrons. The number of methoxy groups -OCH3 is 1. The number of carbonyl (C=O) groups excluding carboxylic acids is 2. The Hall–Kier alpha value is -4.50. The number of aromatic nitrogens is 1. The summed E-state index contributed by atoms with van der Waals surface area (Å²) in [6.07, 6.45) is 2.19. The number of hydrogen-bond acceptors (Lipinski definition) is 7. The van der Waals surface area contributed by atoms with Gasteiger partial charge in [0.1, 0.15) is 0 Å². The number of nitrogens with one attached hydrogen (secondary N) is 1. The van der Waals surface area contributed by atoms with Gasteiger partial charge in [-0.3, -0.25) is 14.6 Å². The van der Waals surface area contributed by atoms with Crippen molar-refractivity contribution in [3.05, 3.63) is 71.8 Å². The van der Waals surface area contributed by atoms with E-state index in [1.54, 1.807) is 29.3 Å². The van der Waals surface area contributed by atoms with Crippen LogP contribution < -0.4 is 14.8 Å². The number of amides is 2. The lowest BCUT2D eigenvalue weighted by molar-refractivity contribution is 0.0749. The minimum absolute atomic E-state index is 0.187. The van der Waals surface area contributed by atoms with Gasteiger partial charge in [-0.15, -0.1) is 0 Å². The predicted molar refractivity (Wildman–Crippen MR) is 148 cm³/mol. The lowest BCUT2D eigenvalue weighted by atomic mass is 10.1. The first-order valence-electron chi connectivity index (χ1n) is 13.0. The summed E-state index contributed by atoms with van der Waals surface area (Å²) in [5.41, 5.74) is 2.96. The minimum Gasteiger partial charge on any atom is -0.493 e. The van der Waals surface area contributed by atoms with E-state index in [-0.39, 0.29) is 24.4 Å². The van der Waals surface area contributed by atoms with Gasteiger partial charge in [0.15, 0.2) is 11.5 Å². The van der Waals surface area contributed by atoms with Crippen LogP contribution in [0.2, 0.25) is 0 Å². The Labute approximate surface area is 225 Å². The van der Waals surface area contributed by atoms with E-state index in [1.165, 1.54) is 7.11 Å². The Bertz CT molecular complexity index is 1620. The van der Waals surface area contributed by atoms with Gasteiger partial charge < -0.3 is 24.8 Å². The zero-order valence-corrected chi connectivity index (χ0v) is 21.5. The monoisotopic (exact) mass is 524 g/mol. The molecule has 4 aromatic rings. The fraction of sp³-hybridized carbons (Fsp3) is 0.267. The normalized spacial score (nSPS) is 18.1. The van der Waals surface area contributed by atoms with Gasteiger partial charge >= 0.3 is 0 Å². The zero-order valence-electron chi connectivity index (χ0n) is 21.5. The largest absolute Gasteiger partial charge is 0.493 e. The number of rotatable bonds is 7. The first kappa shape index (κ1) is 24.8. The molecule has 3 aromatic carbocycles. The molecule has 9 nitrogen and oxygen atoms in total. The van der Waals surface area contributed by atoms with Crippen LogP contribution in [0.3, 0.4) is 0 Å². The third-order valence-corrected chi connectivity index (χ3v) is 7.14. The van der Waals surface area contributed by atoms with Crippen molar-refractivity contribution >= 4 is 45.5 Å². The Kier molecular flexibility index (Phi) is 6.58. The highest BCUT2D eigenvalue weighted by molar-refractivity contribution is 6.07. The lowest BCUT2D eigenvalue weighted by Crippen LogP contribution is -2.35. The number of para-hydroxylation sites is 2. The van der Waals surface area contributed by atoms with Crippen LogP contribution in [0.15, 0.2) is 65.7 Å². The van der Waals surface area contributed by atoms with E-state index in [4.69, 9.17) is 14.5 Å². The molecule has 1 fully saturated rings. The highest BCUT2D eigenvalue weighted by Gasteiger charge is 2.36. The maximum absolute atomic E-state index is 13.1. The Morgan fingerprint density at radius 1 is 1.10 bits per heavy atom. The Morgan fingerprint density at radius 3 is 2.82 bits per heavy atom. The maximum atomic E-state index is 13.1. The van der Waals surface area contributed by atoms with Gasteiger partial charge in [0.2, 0.25) is 0 Å². The molecule has 1 saturated heterocycles. The highest BCUT2D eigenvalue weighted by atomic mass is 16.5. The van der Waals surface area contributed by atoms with Gasteiger partial charge in [-0.05, 0) is 30.7 Å². The lowest BCUT2D eigenvalue weighted by Gasteiger charge is -2.20. The standard InChI is InChI=1S/C30H28N4O5/c1-38-26-14-23-25(32-16-20-13-21(35)17-34(20)30(23)37)15-27(26)39-11-5-10-31-29(36)22-8-4-7-19-12-18-6-2-3-9-24(18)33-28(19)22/h2-4,6-9,12,14-16,20-21,35H,5,10-11,13,17H2,1H3,(H,31,36)/t20-,21+/m0/s1. The van der Waals surface area contributed by atoms with Crippen LogP contribution in [0.4, 0.5) is 5.69 Å². The van der Waals surface area contributed by atoms with E-state index < -0.39 is 6.10 Å². The predicted octanol–water partition coefficient (Wildman–Crippen LogP) is 3.89. The van der Waals surface area contributed by atoms with Crippen LogP contribution in [-0.4, -0.2) is 72.0 Å². The SMILES string of the molecule is COc1cc2c(cc1OCCCNC(=O)c1cccc3cc4ccccc4nc13)N=C[C@@H]1C[C@@H](O)CN1C2=O. The molecule has 0 radical (unpaired) electrons. The molecule has 0 spiro atoms. The molecule has 2 N–H and O–H groups in total. The molecule has 3 heterocycles. The molecule has 0 bridgehead atoms. The van der Waals surface area contributed by atoms with E-state index in [2.05, 4.69) is 10.3 Å².